The molecule has 0 saturated heterocycles. The molecule has 0 aromatic heterocycles. The molecule has 0 amide bonds. The van der Waals surface area contributed by atoms with Crippen LogP contribution in [-0.2, 0) is 14.9 Å². The van der Waals surface area contributed by atoms with Gasteiger partial charge in [-0.15, -0.1) is 0 Å². The number of carbonyl (C=O) groups is 1. The van der Waals surface area contributed by atoms with Crippen molar-refractivity contribution >= 4 is 16.0 Å². The Balaban J connectivity index is 3.18. The topological polar surface area (TPSA) is 102 Å². The minimum absolute atomic E-state index is 0.116. The smallest absolute Gasteiger partial charge is 0.339 e. The monoisotopic (exact) mass is 289 g/mol. The number of sulfonamides is 1. The van der Waals surface area contributed by atoms with Crippen LogP contribution >= 0.6 is 0 Å². The van der Waals surface area contributed by atoms with Crippen molar-refractivity contribution in [3.8, 4) is 5.75 Å². The summed E-state index contributed by atoms with van der Waals surface area (Å²) in [6.07, 6.45) is 0. The van der Waals surface area contributed by atoms with E-state index < -0.39 is 16.0 Å². The summed E-state index contributed by atoms with van der Waals surface area (Å²) in [4.78, 5) is 17.4. The average molecular weight is 289 g/mol. The molecule has 7 nitrogen and oxygen atoms in total. The number of ether oxygens (including phenoxy) is 1. The van der Waals surface area contributed by atoms with Gasteiger partial charge in [0.15, 0.2) is 0 Å². The largest absolute Gasteiger partial charge is 0.493 e. The summed E-state index contributed by atoms with van der Waals surface area (Å²) in [5, 5.41) is 9.03. The van der Waals surface area contributed by atoms with Gasteiger partial charge in [0.1, 0.15) is 11.3 Å². The van der Waals surface area contributed by atoms with Gasteiger partial charge in [0.25, 0.3) is 10.0 Å². The molecular weight excluding hydrogens is 274 g/mol. The number of hydrogen-bond donors (Lipinski definition) is 2. The Morgan fingerprint density at radius 1 is 1.32 bits per heavy atom. The van der Waals surface area contributed by atoms with Gasteiger partial charge >= 0.3 is 5.97 Å². The molecule has 1 rings (SSSR count). The van der Waals surface area contributed by atoms with Crippen molar-refractivity contribution in [1.82, 2.24) is 4.89 Å². The van der Waals surface area contributed by atoms with E-state index in [2.05, 4.69) is 4.84 Å². The third-order valence-corrected chi connectivity index (χ3v) is 3.32. The molecule has 0 saturated carbocycles. The summed E-state index contributed by atoms with van der Waals surface area (Å²) in [5.74, 6) is -1.15. The lowest BCUT2D eigenvalue weighted by atomic mass is 10.2. The Bertz CT molecular complexity index is 554. The van der Waals surface area contributed by atoms with Crippen LogP contribution in [0, 0.1) is 0 Å². The van der Waals surface area contributed by atoms with Gasteiger partial charge < -0.3 is 9.84 Å². The first kappa shape index (κ1) is 15.4. The zero-order chi connectivity index (χ0) is 14.5. The van der Waals surface area contributed by atoms with E-state index in [9.17, 15) is 13.2 Å². The number of carboxylic acids is 1. The molecule has 0 bridgehead atoms. The molecule has 1 aromatic rings. The fourth-order valence-electron chi connectivity index (χ4n) is 1.31. The molecule has 0 aliphatic heterocycles. The summed E-state index contributed by atoms with van der Waals surface area (Å²) in [6, 6.07) is 3.57. The lowest BCUT2D eigenvalue weighted by molar-refractivity contribution is 0.0692. The third-order valence-electron chi connectivity index (χ3n) is 2.10. The second-order valence-electron chi connectivity index (χ2n) is 3.42. The van der Waals surface area contributed by atoms with Crippen molar-refractivity contribution in [3.05, 3.63) is 23.8 Å². The van der Waals surface area contributed by atoms with Crippen LogP contribution in [-0.4, -0.2) is 32.7 Å². The van der Waals surface area contributed by atoms with E-state index >= 15 is 0 Å². The normalized spacial score (nSPS) is 11.3. The zero-order valence-electron chi connectivity index (χ0n) is 10.5. The highest BCUT2D eigenvalue weighted by Crippen LogP contribution is 2.22. The van der Waals surface area contributed by atoms with Crippen LogP contribution in [0.15, 0.2) is 23.1 Å². The second kappa shape index (κ2) is 6.50. The highest BCUT2D eigenvalue weighted by atomic mass is 32.2. The number of rotatable bonds is 7. The average Bonchev–Trinajstić information content (AvgIpc) is 2.37. The van der Waals surface area contributed by atoms with Crippen molar-refractivity contribution in [2.75, 3.05) is 13.2 Å². The Labute approximate surface area is 111 Å². The molecule has 2 N–H and O–H groups in total. The van der Waals surface area contributed by atoms with Crippen molar-refractivity contribution in [3.63, 3.8) is 0 Å². The zero-order valence-corrected chi connectivity index (χ0v) is 11.4. The Morgan fingerprint density at radius 2 is 2.00 bits per heavy atom. The summed E-state index contributed by atoms with van der Waals surface area (Å²) in [7, 11) is -3.90. The predicted octanol–water partition coefficient (Wildman–Crippen LogP) is 1.01. The van der Waals surface area contributed by atoms with Crippen molar-refractivity contribution < 1.29 is 27.9 Å². The van der Waals surface area contributed by atoms with Crippen molar-refractivity contribution in [1.29, 1.82) is 0 Å². The highest BCUT2D eigenvalue weighted by molar-refractivity contribution is 7.89. The van der Waals surface area contributed by atoms with E-state index in [1.165, 1.54) is 12.1 Å². The summed E-state index contributed by atoms with van der Waals surface area (Å²) in [5.41, 5.74) is -0.221. The lowest BCUT2D eigenvalue weighted by Crippen LogP contribution is -2.24. The van der Waals surface area contributed by atoms with Crippen LogP contribution in [0.5, 0.6) is 5.75 Å². The van der Waals surface area contributed by atoms with Gasteiger partial charge in [-0.25, -0.2) is 13.2 Å². The molecule has 0 spiro atoms. The predicted molar refractivity (Wildman–Crippen MR) is 66.5 cm³/mol. The van der Waals surface area contributed by atoms with Gasteiger partial charge in [-0.3, -0.25) is 4.84 Å². The molecule has 0 fully saturated rings. The Kier molecular flexibility index (Phi) is 5.28. The molecule has 0 radical (unpaired) electrons. The molecular formula is C11H15NO6S. The van der Waals surface area contributed by atoms with E-state index in [4.69, 9.17) is 9.84 Å². The quantitative estimate of drug-likeness (QED) is 0.726. The lowest BCUT2D eigenvalue weighted by Gasteiger charge is -2.10. The highest BCUT2D eigenvalue weighted by Gasteiger charge is 2.19. The van der Waals surface area contributed by atoms with Gasteiger partial charge in [-0.05, 0) is 32.0 Å². The maximum absolute atomic E-state index is 11.8. The van der Waals surface area contributed by atoms with Crippen LogP contribution in [0.4, 0.5) is 0 Å². The van der Waals surface area contributed by atoms with Gasteiger partial charge in [-0.1, -0.05) is 4.89 Å². The SMILES string of the molecule is CCONS(=O)(=O)c1ccc(OCC)c(C(=O)O)c1. The number of hydrogen-bond acceptors (Lipinski definition) is 5. The number of nitrogens with one attached hydrogen (secondary N) is 1. The molecule has 0 unspecified atom stereocenters. The standard InChI is InChI=1S/C11H15NO6S/c1-3-17-10-6-5-8(7-9(10)11(13)14)19(15,16)12-18-4-2/h5-7,12H,3-4H2,1-2H3,(H,13,14). The van der Waals surface area contributed by atoms with Crippen molar-refractivity contribution in [2.24, 2.45) is 0 Å². The van der Waals surface area contributed by atoms with E-state index in [0.717, 1.165) is 6.07 Å². The van der Waals surface area contributed by atoms with Crippen LogP contribution in [0.2, 0.25) is 0 Å². The van der Waals surface area contributed by atoms with Gasteiger partial charge in [-0.2, -0.15) is 0 Å². The Morgan fingerprint density at radius 3 is 2.53 bits per heavy atom. The molecule has 1 aromatic carbocycles. The van der Waals surface area contributed by atoms with Crippen LogP contribution in [0.3, 0.4) is 0 Å². The van der Waals surface area contributed by atoms with E-state index in [0.29, 0.717) is 0 Å². The van der Waals surface area contributed by atoms with E-state index in [1.54, 1.807) is 13.8 Å². The van der Waals surface area contributed by atoms with E-state index in [-0.39, 0.29) is 29.4 Å². The first-order chi connectivity index (χ1) is 8.92. The summed E-state index contributed by atoms with van der Waals surface area (Å²) >= 11 is 0. The molecule has 8 heteroatoms. The summed E-state index contributed by atoms with van der Waals surface area (Å²) in [6.45, 7) is 3.75. The molecule has 106 valence electrons. The number of aromatic carboxylic acids is 1. The first-order valence-corrected chi connectivity index (χ1v) is 7.04. The minimum Gasteiger partial charge on any atom is -0.493 e. The molecule has 19 heavy (non-hydrogen) atoms. The van der Waals surface area contributed by atoms with Gasteiger partial charge in [0, 0.05) is 0 Å². The molecule has 0 aliphatic rings. The molecule has 0 heterocycles. The molecule has 0 aliphatic carbocycles. The van der Waals surface area contributed by atoms with Crippen molar-refractivity contribution in [2.45, 2.75) is 18.7 Å². The molecule has 0 atom stereocenters. The van der Waals surface area contributed by atoms with Gasteiger partial charge in [0.2, 0.25) is 0 Å². The Hall–Kier alpha value is -1.64. The van der Waals surface area contributed by atoms with Crippen LogP contribution in [0.25, 0.3) is 0 Å². The number of benzene rings is 1. The first-order valence-electron chi connectivity index (χ1n) is 5.56. The second-order valence-corrected chi connectivity index (χ2v) is 5.06. The fraction of sp³-hybridized carbons (Fsp3) is 0.364. The fourth-order valence-corrected chi connectivity index (χ4v) is 2.20. The minimum atomic E-state index is -3.90. The van der Waals surface area contributed by atoms with Crippen LogP contribution < -0.4 is 9.62 Å². The maximum atomic E-state index is 11.8. The summed E-state index contributed by atoms with van der Waals surface area (Å²) < 4.78 is 28.7. The third kappa shape index (κ3) is 3.91. The number of carboxylic acid groups (broad SMARTS) is 1. The van der Waals surface area contributed by atoms with E-state index in [1.807, 2.05) is 4.89 Å². The van der Waals surface area contributed by atoms with Gasteiger partial charge in [0.05, 0.1) is 18.1 Å². The maximum Gasteiger partial charge on any atom is 0.339 e. The van der Waals surface area contributed by atoms with Crippen LogP contribution in [0.1, 0.15) is 24.2 Å².